The summed E-state index contributed by atoms with van der Waals surface area (Å²) in [6.45, 7) is 4.31. The van der Waals surface area contributed by atoms with Gasteiger partial charge in [-0.3, -0.25) is 9.69 Å². The van der Waals surface area contributed by atoms with Crippen LogP contribution in [0.5, 0.6) is 5.88 Å². The van der Waals surface area contributed by atoms with Crippen molar-refractivity contribution in [2.24, 2.45) is 0 Å². The van der Waals surface area contributed by atoms with E-state index in [1.165, 1.54) is 5.56 Å². The molecule has 0 bridgehead atoms. The highest BCUT2D eigenvalue weighted by Crippen LogP contribution is 2.38. The van der Waals surface area contributed by atoms with E-state index >= 15 is 0 Å². The Morgan fingerprint density at radius 2 is 1.74 bits per heavy atom. The molecule has 2 aliphatic heterocycles. The Hall–Kier alpha value is -4.81. The van der Waals surface area contributed by atoms with Gasteiger partial charge in [0.15, 0.2) is 6.61 Å². The van der Waals surface area contributed by atoms with Gasteiger partial charge >= 0.3 is 0 Å². The molecule has 1 N–H and O–H groups in total. The van der Waals surface area contributed by atoms with Crippen LogP contribution < -0.4 is 15.0 Å². The molecule has 0 atom stereocenters. The largest absolute Gasteiger partial charge is 0.466 e. The average molecular weight is 504 g/mol. The SMILES string of the molecule is N#Cc1nccc(N2CCN(Cc3ccc(-c4nc5c(cc4-c4ccccc4)NC(=O)CO5)cc3)CC2)n1. The fourth-order valence-electron chi connectivity index (χ4n) is 4.81. The molecule has 1 amide bonds. The van der Waals surface area contributed by atoms with Gasteiger partial charge in [0.25, 0.3) is 5.91 Å². The van der Waals surface area contributed by atoms with Gasteiger partial charge in [0.2, 0.25) is 11.7 Å². The van der Waals surface area contributed by atoms with Gasteiger partial charge in [0.1, 0.15) is 17.6 Å². The zero-order chi connectivity index (χ0) is 25.9. The summed E-state index contributed by atoms with van der Waals surface area (Å²) in [4.78, 5) is 29.6. The minimum Gasteiger partial charge on any atom is -0.466 e. The highest BCUT2D eigenvalue weighted by atomic mass is 16.5. The lowest BCUT2D eigenvalue weighted by molar-refractivity contribution is -0.118. The zero-order valence-electron chi connectivity index (χ0n) is 20.7. The number of nitrogens with zero attached hydrogens (tertiary/aromatic N) is 6. The number of carbonyl (C=O) groups is 1. The van der Waals surface area contributed by atoms with Gasteiger partial charge in [-0.05, 0) is 23.3 Å². The van der Waals surface area contributed by atoms with E-state index in [0.717, 1.165) is 60.9 Å². The summed E-state index contributed by atoms with van der Waals surface area (Å²) in [6, 6.07) is 24.3. The number of piperazine rings is 1. The van der Waals surface area contributed by atoms with E-state index in [9.17, 15) is 4.79 Å². The van der Waals surface area contributed by atoms with Crippen LogP contribution in [0.2, 0.25) is 0 Å². The van der Waals surface area contributed by atoms with E-state index in [1.807, 2.05) is 48.5 Å². The van der Waals surface area contributed by atoms with Gasteiger partial charge in [-0.25, -0.2) is 15.0 Å². The van der Waals surface area contributed by atoms with Crippen molar-refractivity contribution in [1.82, 2.24) is 19.9 Å². The molecule has 0 radical (unpaired) electrons. The Balaban J connectivity index is 1.18. The highest BCUT2D eigenvalue weighted by Gasteiger charge is 2.22. The number of amides is 1. The van der Waals surface area contributed by atoms with Gasteiger partial charge in [0.05, 0.1) is 5.69 Å². The monoisotopic (exact) mass is 503 g/mol. The van der Waals surface area contributed by atoms with Crippen molar-refractivity contribution in [2.45, 2.75) is 6.54 Å². The average Bonchev–Trinajstić information content (AvgIpc) is 2.98. The number of fused-ring (bicyclic) bond motifs is 1. The van der Waals surface area contributed by atoms with Crippen LogP contribution in [-0.4, -0.2) is 58.5 Å². The Morgan fingerprint density at radius 1 is 0.947 bits per heavy atom. The lowest BCUT2D eigenvalue weighted by atomic mass is 9.98. The minimum atomic E-state index is -0.180. The first-order valence-corrected chi connectivity index (χ1v) is 12.5. The maximum absolute atomic E-state index is 11.9. The molecule has 6 rings (SSSR count). The van der Waals surface area contributed by atoms with E-state index in [2.05, 4.69) is 49.4 Å². The fraction of sp³-hybridized carbons (Fsp3) is 0.207. The van der Waals surface area contributed by atoms with Crippen LogP contribution in [0, 0.1) is 11.3 Å². The Labute approximate surface area is 220 Å². The van der Waals surface area contributed by atoms with Crippen molar-refractivity contribution >= 4 is 17.4 Å². The number of benzene rings is 2. The summed E-state index contributed by atoms with van der Waals surface area (Å²) in [5.41, 5.74) is 5.56. The number of aromatic nitrogens is 3. The maximum atomic E-state index is 11.9. The van der Waals surface area contributed by atoms with Gasteiger partial charge in [-0.15, -0.1) is 0 Å². The van der Waals surface area contributed by atoms with E-state index in [0.29, 0.717) is 11.6 Å². The molecule has 1 saturated heterocycles. The van der Waals surface area contributed by atoms with Gasteiger partial charge in [0, 0.05) is 50.0 Å². The number of hydrogen-bond donors (Lipinski definition) is 1. The molecule has 0 saturated carbocycles. The van der Waals surface area contributed by atoms with Gasteiger partial charge in [-0.1, -0.05) is 54.6 Å². The summed E-state index contributed by atoms with van der Waals surface area (Å²) in [7, 11) is 0. The van der Waals surface area contributed by atoms with Crippen molar-refractivity contribution in [3.63, 3.8) is 0 Å². The molecule has 9 heteroatoms. The molecule has 2 aromatic heterocycles. The number of hydrogen-bond acceptors (Lipinski definition) is 8. The third-order valence-corrected chi connectivity index (χ3v) is 6.76. The van der Waals surface area contributed by atoms with E-state index in [4.69, 9.17) is 15.0 Å². The topological polar surface area (TPSA) is 107 Å². The first-order valence-electron chi connectivity index (χ1n) is 12.5. The number of nitrogens with one attached hydrogen (secondary N) is 1. The molecule has 0 spiro atoms. The lowest BCUT2D eigenvalue weighted by Gasteiger charge is -2.35. The van der Waals surface area contributed by atoms with Crippen molar-refractivity contribution in [3.8, 4) is 34.3 Å². The number of nitriles is 1. The molecule has 4 heterocycles. The molecular weight excluding hydrogens is 478 g/mol. The second kappa shape index (κ2) is 10.3. The molecular formula is C29H25N7O2. The van der Waals surface area contributed by atoms with Crippen molar-refractivity contribution < 1.29 is 9.53 Å². The second-order valence-electron chi connectivity index (χ2n) is 9.25. The number of rotatable bonds is 5. The third kappa shape index (κ3) is 4.90. The molecule has 0 aliphatic carbocycles. The molecule has 9 nitrogen and oxygen atoms in total. The van der Waals surface area contributed by atoms with E-state index in [1.54, 1.807) is 6.20 Å². The maximum Gasteiger partial charge on any atom is 0.262 e. The van der Waals surface area contributed by atoms with Crippen LogP contribution in [0.4, 0.5) is 11.5 Å². The Morgan fingerprint density at radius 3 is 2.50 bits per heavy atom. The van der Waals surface area contributed by atoms with Gasteiger partial charge in [-0.2, -0.15) is 5.26 Å². The van der Waals surface area contributed by atoms with Crippen LogP contribution in [0.15, 0.2) is 72.9 Å². The van der Waals surface area contributed by atoms with Crippen LogP contribution in [0.3, 0.4) is 0 Å². The first-order chi connectivity index (χ1) is 18.7. The predicted octanol–water partition coefficient (Wildman–Crippen LogP) is 3.73. The third-order valence-electron chi connectivity index (χ3n) is 6.76. The van der Waals surface area contributed by atoms with Crippen molar-refractivity contribution in [2.75, 3.05) is 43.0 Å². The highest BCUT2D eigenvalue weighted by molar-refractivity contribution is 5.97. The molecule has 0 unspecified atom stereocenters. The summed E-state index contributed by atoms with van der Waals surface area (Å²) < 4.78 is 5.61. The zero-order valence-corrected chi connectivity index (χ0v) is 20.7. The van der Waals surface area contributed by atoms with Crippen molar-refractivity contribution in [3.05, 3.63) is 84.3 Å². The molecule has 188 valence electrons. The molecule has 1 fully saturated rings. The van der Waals surface area contributed by atoms with Crippen molar-refractivity contribution in [1.29, 1.82) is 5.26 Å². The molecule has 4 aromatic rings. The predicted molar refractivity (Wildman–Crippen MR) is 143 cm³/mol. The van der Waals surface area contributed by atoms with Crippen LogP contribution >= 0.6 is 0 Å². The van der Waals surface area contributed by atoms with E-state index < -0.39 is 0 Å². The van der Waals surface area contributed by atoms with Crippen LogP contribution in [-0.2, 0) is 11.3 Å². The van der Waals surface area contributed by atoms with E-state index in [-0.39, 0.29) is 18.3 Å². The summed E-state index contributed by atoms with van der Waals surface area (Å²) >= 11 is 0. The molecule has 38 heavy (non-hydrogen) atoms. The number of anilines is 2. The Bertz CT molecular complexity index is 1510. The lowest BCUT2D eigenvalue weighted by Crippen LogP contribution is -2.46. The molecule has 2 aromatic carbocycles. The first kappa shape index (κ1) is 23.6. The fourth-order valence-corrected chi connectivity index (χ4v) is 4.81. The number of carbonyl (C=O) groups excluding carboxylic acids is 1. The quantitative estimate of drug-likeness (QED) is 0.439. The van der Waals surface area contributed by atoms with Crippen LogP contribution in [0.25, 0.3) is 22.4 Å². The second-order valence-corrected chi connectivity index (χ2v) is 9.25. The molecule has 2 aliphatic rings. The normalized spacial score (nSPS) is 15.2. The summed E-state index contributed by atoms with van der Waals surface area (Å²) in [6.07, 6.45) is 1.64. The van der Waals surface area contributed by atoms with Crippen LogP contribution in [0.1, 0.15) is 11.4 Å². The Kier molecular flexibility index (Phi) is 6.38. The summed E-state index contributed by atoms with van der Waals surface area (Å²) in [5.74, 6) is 1.26. The smallest absolute Gasteiger partial charge is 0.262 e. The minimum absolute atomic E-state index is 0.0347. The standard InChI is InChI=1S/C29H25N7O2/c30-17-25-31-11-10-26(33-25)36-14-12-35(13-15-36)18-20-6-8-22(9-7-20)28-23(21-4-2-1-3-5-21)16-24-29(34-28)38-19-27(37)32-24/h1-11,16H,12-15,18-19H2,(H,32,37). The summed E-state index contributed by atoms with van der Waals surface area (Å²) in [5, 5.41) is 11.9. The van der Waals surface area contributed by atoms with Gasteiger partial charge < -0.3 is 15.0 Å². The number of ether oxygens (including phenoxy) is 1. The number of pyridine rings is 1.